The zero-order valence-electron chi connectivity index (χ0n) is 11.1. The Bertz CT molecular complexity index is 407. The minimum absolute atomic E-state index is 0. The van der Waals surface area contributed by atoms with Crippen LogP contribution in [-0.4, -0.2) is 32.6 Å². The van der Waals surface area contributed by atoms with Gasteiger partial charge >= 0.3 is 5.97 Å². The predicted molar refractivity (Wildman–Crippen MR) is 76.6 cm³/mol. The van der Waals surface area contributed by atoms with Crippen LogP contribution in [0.15, 0.2) is 24.3 Å². The Labute approximate surface area is 119 Å². The first-order valence-corrected chi connectivity index (χ1v) is 5.76. The lowest BCUT2D eigenvalue weighted by Crippen LogP contribution is -2.18. The number of amides is 1. The van der Waals surface area contributed by atoms with Crippen molar-refractivity contribution in [3.05, 3.63) is 29.8 Å². The Hall–Kier alpha value is -1.59. The van der Waals surface area contributed by atoms with Crippen LogP contribution in [0.5, 0.6) is 0 Å². The summed E-state index contributed by atoms with van der Waals surface area (Å²) in [7, 11) is 3.16. The second-order valence-electron chi connectivity index (χ2n) is 3.85. The van der Waals surface area contributed by atoms with Crippen LogP contribution in [0.2, 0.25) is 0 Å². The molecule has 0 saturated carbocycles. The largest absolute Gasteiger partial charge is 0.469 e. The number of hydrogen-bond donors (Lipinski definition) is 2. The molecule has 0 spiro atoms. The van der Waals surface area contributed by atoms with E-state index in [4.69, 9.17) is 0 Å². The molecule has 0 fully saturated rings. The number of methoxy groups -OCH3 is 1. The van der Waals surface area contributed by atoms with Gasteiger partial charge in [-0.1, -0.05) is 12.1 Å². The number of esters is 1. The first-order valence-electron chi connectivity index (χ1n) is 5.76. The summed E-state index contributed by atoms with van der Waals surface area (Å²) in [5.74, 6) is -0.314. The Balaban J connectivity index is 0.00000324. The molecule has 0 radical (unpaired) electrons. The van der Waals surface area contributed by atoms with E-state index in [1.165, 1.54) is 7.11 Å². The molecule has 0 aromatic heterocycles. The molecule has 6 heteroatoms. The number of anilines is 1. The first kappa shape index (κ1) is 17.4. The van der Waals surface area contributed by atoms with Crippen molar-refractivity contribution in [2.45, 2.75) is 12.8 Å². The molecule has 5 nitrogen and oxygen atoms in total. The second kappa shape index (κ2) is 9.35. The van der Waals surface area contributed by atoms with E-state index in [1.807, 2.05) is 0 Å². The zero-order chi connectivity index (χ0) is 13.4. The van der Waals surface area contributed by atoms with Gasteiger partial charge in [0.05, 0.1) is 13.5 Å². The lowest BCUT2D eigenvalue weighted by atomic mass is 10.1. The number of hydrogen-bond acceptors (Lipinski definition) is 4. The minimum atomic E-state index is -0.277. The average molecular weight is 287 g/mol. The highest BCUT2D eigenvalue weighted by Gasteiger charge is 2.04. The normalized spacial score (nSPS) is 9.37. The van der Waals surface area contributed by atoms with Crippen molar-refractivity contribution in [1.82, 2.24) is 5.32 Å². The van der Waals surface area contributed by atoms with Crippen LogP contribution in [0, 0.1) is 0 Å². The van der Waals surface area contributed by atoms with Crippen molar-refractivity contribution in [3.8, 4) is 0 Å². The summed E-state index contributed by atoms with van der Waals surface area (Å²) in [4.78, 5) is 22.5. The maximum Gasteiger partial charge on any atom is 0.309 e. The summed E-state index contributed by atoms with van der Waals surface area (Å²) < 4.78 is 4.58. The maximum absolute atomic E-state index is 11.5. The van der Waals surface area contributed by atoms with Crippen molar-refractivity contribution < 1.29 is 14.3 Å². The van der Waals surface area contributed by atoms with Gasteiger partial charge in [0.25, 0.3) is 0 Å². The van der Waals surface area contributed by atoms with Gasteiger partial charge in [-0.05, 0) is 24.7 Å². The van der Waals surface area contributed by atoms with E-state index < -0.39 is 0 Å². The van der Waals surface area contributed by atoms with E-state index in [0.717, 1.165) is 11.3 Å². The van der Waals surface area contributed by atoms with E-state index in [9.17, 15) is 9.59 Å². The van der Waals surface area contributed by atoms with E-state index in [-0.39, 0.29) is 30.7 Å². The molecule has 0 aliphatic rings. The SMILES string of the molecule is CNCCC(=O)Nc1ccc(CC(=O)OC)cc1.Cl. The van der Waals surface area contributed by atoms with Crippen molar-refractivity contribution in [3.63, 3.8) is 0 Å². The minimum Gasteiger partial charge on any atom is -0.469 e. The molecule has 0 aliphatic carbocycles. The molecule has 0 aliphatic heterocycles. The number of halogens is 1. The second-order valence-corrected chi connectivity index (χ2v) is 3.85. The Morgan fingerprint density at radius 1 is 1.21 bits per heavy atom. The standard InChI is InChI=1S/C13H18N2O3.ClH/c1-14-8-7-12(16)15-11-5-3-10(4-6-11)9-13(17)18-2;/h3-6,14H,7-9H2,1-2H3,(H,15,16);1H. The lowest BCUT2D eigenvalue weighted by molar-refractivity contribution is -0.139. The van der Waals surface area contributed by atoms with Crippen LogP contribution < -0.4 is 10.6 Å². The third-order valence-electron chi connectivity index (χ3n) is 2.42. The molecule has 0 unspecified atom stereocenters. The summed E-state index contributed by atoms with van der Waals surface area (Å²) in [5, 5.41) is 5.69. The Kier molecular flexibility index (Phi) is 8.57. The monoisotopic (exact) mass is 286 g/mol. The Morgan fingerprint density at radius 3 is 2.37 bits per heavy atom. The van der Waals surface area contributed by atoms with E-state index >= 15 is 0 Å². The van der Waals surface area contributed by atoms with Crippen LogP contribution >= 0.6 is 12.4 Å². The fourth-order valence-corrected chi connectivity index (χ4v) is 1.41. The fourth-order valence-electron chi connectivity index (χ4n) is 1.41. The summed E-state index contributed by atoms with van der Waals surface area (Å²) in [6.45, 7) is 0.645. The molecule has 1 rings (SSSR count). The van der Waals surface area contributed by atoms with Gasteiger partial charge in [-0.2, -0.15) is 0 Å². The molecule has 106 valence electrons. The quantitative estimate of drug-likeness (QED) is 0.775. The highest BCUT2D eigenvalue weighted by atomic mass is 35.5. The van der Waals surface area contributed by atoms with E-state index in [0.29, 0.717) is 13.0 Å². The maximum atomic E-state index is 11.5. The molecule has 0 heterocycles. The number of rotatable bonds is 6. The van der Waals surface area contributed by atoms with Crippen LogP contribution in [0.4, 0.5) is 5.69 Å². The number of benzene rings is 1. The summed E-state index contributed by atoms with van der Waals surface area (Å²) >= 11 is 0. The molecular weight excluding hydrogens is 268 g/mol. The zero-order valence-corrected chi connectivity index (χ0v) is 11.9. The number of ether oxygens (including phenoxy) is 1. The summed E-state index contributed by atoms with van der Waals surface area (Å²) in [6.07, 6.45) is 0.672. The third-order valence-corrected chi connectivity index (χ3v) is 2.42. The third kappa shape index (κ3) is 6.79. The summed E-state index contributed by atoms with van der Waals surface area (Å²) in [6, 6.07) is 7.14. The van der Waals surface area contributed by atoms with E-state index in [1.54, 1.807) is 31.3 Å². The van der Waals surface area contributed by atoms with Crippen LogP contribution in [0.3, 0.4) is 0 Å². The van der Waals surface area contributed by atoms with E-state index in [2.05, 4.69) is 15.4 Å². The smallest absolute Gasteiger partial charge is 0.309 e. The molecule has 1 aromatic carbocycles. The first-order chi connectivity index (χ1) is 8.65. The number of carbonyl (C=O) groups excluding carboxylic acids is 2. The average Bonchev–Trinajstić information content (AvgIpc) is 2.38. The van der Waals surface area contributed by atoms with Gasteiger partial charge in [0.2, 0.25) is 5.91 Å². The topological polar surface area (TPSA) is 67.4 Å². The molecule has 0 atom stereocenters. The van der Waals surface area contributed by atoms with Crippen LogP contribution in [0.25, 0.3) is 0 Å². The van der Waals surface area contributed by atoms with Gasteiger partial charge < -0.3 is 15.4 Å². The van der Waals surface area contributed by atoms with Gasteiger partial charge in [0.1, 0.15) is 0 Å². The van der Waals surface area contributed by atoms with Crippen LogP contribution in [-0.2, 0) is 20.7 Å². The molecule has 19 heavy (non-hydrogen) atoms. The number of carbonyl (C=O) groups is 2. The lowest BCUT2D eigenvalue weighted by Gasteiger charge is -2.06. The Morgan fingerprint density at radius 2 is 1.84 bits per heavy atom. The van der Waals surface area contributed by atoms with Crippen molar-refractivity contribution in [2.24, 2.45) is 0 Å². The highest BCUT2D eigenvalue weighted by molar-refractivity contribution is 5.90. The molecular formula is C13H19ClN2O3. The number of nitrogens with one attached hydrogen (secondary N) is 2. The van der Waals surface area contributed by atoms with Crippen molar-refractivity contribution in [2.75, 3.05) is 26.0 Å². The van der Waals surface area contributed by atoms with Gasteiger partial charge in [-0.3, -0.25) is 9.59 Å². The van der Waals surface area contributed by atoms with Crippen molar-refractivity contribution in [1.29, 1.82) is 0 Å². The van der Waals surface area contributed by atoms with Gasteiger partial charge in [-0.15, -0.1) is 12.4 Å². The highest BCUT2D eigenvalue weighted by Crippen LogP contribution is 2.10. The fraction of sp³-hybridized carbons (Fsp3) is 0.385. The van der Waals surface area contributed by atoms with Gasteiger partial charge in [-0.25, -0.2) is 0 Å². The predicted octanol–water partition coefficient (Wildman–Crippen LogP) is 1.37. The van der Waals surface area contributed by atoms with Gasteiger partial charge in [0, 0.05) is 18.7 Å². The molecule has 2 N–H and O–H groups in total. The van der Waals surface area contributed by atoms with Gasteiger partial charge in [0.15, 0.2) is 0 Å². The molecule has 1 amide bonds. The molecule has 1 aromatic rings. The summed E-state index contributed by atoms with van der Waals surface area (Å²) in [5.41, 5.74) is 1.58. The molecule has 0 saturated heterocycles. The van der Waals surface area contributed by atoms with Crippen molar-refractivity contribution >= 4 is 30.0 Å². The molecule has 0 bridgehead atoms. The van der Waals surface area contributed by atoms with Crippen LogP contribution in [0.1, 0.15) is 12.0 Å².